The van der Waals surface area contributed by atoms with Crippen molar-refractivity contribution in [3.63, 3.8) is 0 Å². The number of hydrogen-bond acceptors (Lipinski definition) is 5. The van der Waals surface area contributed by atoms with Crippen molar-refractivity contribution in [1.29, 1.82) is 0 Å². The van der Waals surface area contributed by atoms with E-state index in [1.54, 1.807) is 72.9 Å². The average molecular weight is 540 g/mol. The Hall–Kier alpha value is -4.67. The molecular weight excluding hydrogens is 515 g/mol. The van der Waals surface area contributed by atoms with E-state index in [0.29, 0.717) is 23.2 Å². The summed E-state index contributed by atoms with van der Waals surface area (Å²) in [6, 6.07) is 18.3. The fourth-order valence-electron chi connectivity index (χ4n) is 4.25. The Morgan fingerprint density at radius 1 is 0.974 bits per heavy atom. The Bertz CT molecular complexity index is 1610. The van der Waals surface area contributed by atoms with Crippen LogP contribution in [-0.4, -0.2) is 33.0 Å². The molecule has 2 aromatic carbocycles. The standard InChI is InChI=1S/C28H24F3N3O5/c1-3-19-14-20-22(25(36)34(19)15-21(35)18-12-8-5-9-13-18)23(32-27(38)28(29,30)31)24(33(20)2)26(37)39-16-17-10-6-4-7-11-17/h4-14H,3,15-16H2,1-2H3,(H,32,38). The lowest BCUT2D eigenvalue weighted by molar-refractivity contribution is -0.167. The van der Waals surface area contributed by atoms with Gasteiger partial charge in [-0.3, -0.25) is 14.4 Å². The maximum absolute atomic E-state index is 13.7. The summed E-state index contributed by atoms with van der Waals surface area (Å²) in [6.07, 6.45) is -4.99. The van der Waals surface area contributed by atoms with Gasteiger partial charge in [0.1, 0.15) is 6.61 Å². The largest absolute Gasteiger partial charge is 0.471 e. The SMILES string of the molecule is CCc1cc2c(c(NC(=O)C(F)(F)F)c(C(=O)OCc3ccccc3)n2C)c(=O)n1CC(=O)c1ccccc1. The van der Waals surface area contributed by atoms with Gasteiger partial charge in [0, 0.05) is 18.3 Å². The smallest absolute Gasteiger partial charge is 0.456 e. The average Bonchev–Trinajstić information content (AvgIpc) is 3.20. The molecule has 11 heteroatoms. The number of aryl methyl sites for hydroxylation is 2. The molecule has 1 amide bonds. The molecule has 0 saturated heterocycles. The maximum atomic E-state index is 13.7. The first-order valence-corrected chi connectivity index (χ1v) is 12.0. The first kappa shape index (κ1) is 27.4. The van der Waals surface area contributed by atoms with Gasteiger partial charge < -0.3 is 19.2 Å². The fourth-order valence-corrected chi connectivity index (χ4v) is 4.25. The highest BCUT2D eigenvalue weighted by atomic mass is 19.4. The van der Waals surface area contributed by atoms with Crippen molar-refractivity contribution in [2.75, 3.05) is 5.32 Å². The van der Waals surface area contributed by atoms with Gasteiger partial charge in [0.25, 0.3) is 5.56 Å². The van der Waals surface area contributed by atoms with Crippen LogP contribution in [0.5, 0.6) is 0 Å². The van der Waals surface area contributed by atoms with Crippen LogP contribution < -0.4 is 10.9 Å². The van der Waals surface area contributed by atoms with Crippen molar-refractivity contribution < 1.29 is 32.3 Å². The van der Waals surface area contributed by atoms with Crippen molar-refractivity contribution in [1.82, 2.24) is 9.13 Å². The Morgan fingerprint density at radius 2 is 1.59 bits per heavy atom. The van der Waals surface area contributed by atoms with Crippen molar-refractivity contribution in [2.24, 2.45) is 7.05 Å². The molecule has 2 aromatic heterocycles. The van der Waals surface area contributed by atoms with Gasteiger partial charge >= 0.3 is 18.1 Å². The van der Waals surface area contributed by atoms with Crippen molar-refractivity contribution >= 4 is 34.3 Å². The Balaban J connectivity index is 1.86. The fraction of sp³-hybridized carbons (Fsp3) is 0.214. The first-order chi connectivity index (χ1) is 18.5. The molecule has 2 heterocycles. The molecule has 0 fully saturated rings. The molecule has 0 aliphatic carbocycles. The molecular formula is C28H24F3N3O5. The second-order valence-corrected chi connectivity index (χ2v) is 8.73. The number of benzene rings is 2. The summed E-state index contributed by atoms with van der Waals surface area (Å²) in [6.45, 7) is 1.16. The van der Waals surface area contributed by atoms with E-state index >= 15 is 0 Å². The minimum atomic E-state index is -5.29. The summed E-state index contributed by atoms with van der Waals surface area (Å²) in [5, 5.41) is 1.35. The van der Waals surface area contributed by atoms with Crippen LogP contribution in [0, 0.1) is 0 Å². The third-order valence-corrected chi connectivity index (χ3v) is 6.21. The summed E-state index contributed by atoms with van der Waals surface area (Å²) < 4.78 is 47.4. The quantitative estimate of drug-likeness (QED) is 0.260. The van der Waals surface area contributed by atoms with E-state index in [-0.39, 0.29) is 17.5 Å². The van der Waals surface area contributed by atoms with Gasteiger partial charge in [-0.25, -0.2) is 4.79 Å². The highest BCUT2D eigenvalue weighted by Crippen LogP contribution is 2.31. The number of Topliss-reactive ketones (excluding diaryl/α,β-unsaturated/α-hetero) is 1. The van der Waals surface area contributed by atoms with E-state index in [9.17, 15) is 32.3 Å². The number of hydrogen-bond donors (Lipinski definition) is 1. The summed E-state index contributed by atoms with van der Waals surface area (Å²) in [5.74, 6) is -3.80. The Morgan fingerprint density at radius 3 is 2.18 bits per heavy atom. The molecule has 8 nitrogen and oxygen atoms in total. The van der Waals surface area contributed by atoms with Gasteiger partial charge in [0.15, 0.2) is 11.5 Å². The number of pyridine rings is 1. The third-order valence-electron chi connectivity index (χ3n) is 6.21. The summed E-state index contributed by atoms with van der Waals surface area (Å²) >= 11 is 0. The van der Waals surface area contributed by atoms with Gasteiger partial charge in [0.05, 0.1) is 23.1 Å². The number of carbonyl (C=O) groups excluding carboxylic acids is 3. The van der Waals surface area contributed by atoms with Crippen molar-refractivity contribution in [2.45, 2.75) is 32.7 Å². The Labute approximate surface area is 220 Å². The maximum Gasteiger partial charge on any atom is 0.471 e. The molecule has 4 aromatic rings. The molecule has 0 bridgehead atoms. The monoisotopic (exact) mass is 539 g/mol. The zero-order chi connectivity index (χ0) is 28.3. The zero-order valence-electron chi connectivity index (χ0n) is 21.0. The zero-order valence-corrected chi connectivity index (χ0v) is 21.0. The molecule has 0 saturated carbocycles. The summed E-state index contributed by atoms with van der Waals surface area (Å²) in [4.78, 5) is 51.7. The van der Waals surface area contributed by atoms with Gasteiger partial charge in [-0.15, -0.1) is 0 Å². The van der Waals surface area contributed by atoms with Crippen LogP contribution in [-0.2, 0) is 36.2 Å². The number of aromatic nitrogens is 2. The molecule has 202 valence electrons. The summed E-state index contributed by atoms with van der Waals surface area (Å²) in [5.41, 5.74) is -0.425. The lowest BCUT2D eigenvalue weighted by Gasteiger charge is -2.13. The molecule has 1 N–H and O–H groups in total. The second kappa shape index (κ2) is 11.0. The van der Waals surface area contributed by atoms with Gasteiger partial charge in [-0.2, -0.15) is 13.2 Å². The van der Waals surface area contributed by atoms with Crippen LogP contribution in [0.1, 0.15) is 39.0 Å². The topological polar surface area (TPSA) is 99.4 Å². The number of ketones is 1. The second-order valence-electron chi connectivity index (χ2n) is 8.73. The number of fused-ring (bicyclic) bond motifs is 1. The van der Waals surface area contributed by atoms with E-state index in [0.717, 1.165) is 4.57 Å². The van der Waals surface area contributed by atoms with Gasteiger partial charge in [-0.1, -0.05) is 67.6 Å². The molecule has 0 atom stereocenters. The van der Waals surface area contributed by atoms with Crippen LogP contribution in [0.4, 0.5) is 18.9 Å². The van der Waals surface area contributed by atoms with Crippen LogP contribution in [0.3, 0.4) is 0 Å². The molecule has 0 aliphatic rings. The highest BCUT2D eigenvalue weighted by Gasteiger charge is 2.40. The van der Waals surface area contributed by atoms with Crippen LogP contribution >= 0.6 is 0 Å². The van der Waals surface area contributed by atoms with E-state index in [4.69, 9.17) is 4.74 Å². The normalized spacial score (nSPS) is 11.4. The number of nitrogens with zero attached hydrogens (tertiary/aromatic N) is 2. The number of anilines is 1. The van der Waals surface area contributed by atoms with Gasteiger partial charge in [-0.05, 0) is 18.1 Å². The minimum absolute atomic E-state index is 0.101. The van der Waals surface area contributed by atoms with Crippen molar-refractivity contribution in [3.8, 4) is 0 Å². The Kier molecular flexibility index (Phi) is 7.70. The number of alkyl halides is 3. The number of amides is 1. The van der Waals surface area contributed by atoms with Crippen LogP contribution in [0.15, 0.2) is 71.5 Å². The summed E-state index contributed by atoms with van der Waals surface area (Å²) in [7, 11) is 1.38. The number of rotatable bonds is 8. The third kappa shape index (κ3) is 5.62. The first-order valence-electron chi connectivity index (χ1n) is 12.0. The van der Waals surface area contributed by atoms with Gasteiger partial charge in [0.2, 0.25) is 0 Å². The molecule has 0 radical (unpaired) electrons. The van der Waals surface area contributed by atoms with E-state index in [1.165, 1.54) is 17.7 Å². The van der Waals surface area contributed by atoms with Crippen molar-refractivity contribution in [3.05, 3.63) is 99.6 Å². The molecule has 0 unspecified atom stereocenters. The number of carbonyl (C=O) groups is 3. The van der Waals surface area contributed by atoms with E-state index in [1.807, 2.05) is 0 Å². The lowest BCUT2D eigenvalue weighted by atomic mass is 10.1. The number of ether oxygens (including phenoxy) is 1. The van der Waals surface area contributed by atoms with E-state index < -0.39 is 47.3 Å². The lowest BCUT2D eigenvalue weighted by Crippen LogP contribution is -2.32. The number of esters is 1. The number of halogens is 3. The molecule has 0 aliphatic heterocycles. The predicted octanol–water partition coefficient (Wildman–Crippen LogP) is 4.64. The highest BCUT2D eigenvalue weighted by molar-refractivity contribution is 6.12. The molecule has 0 spiro atoms. The van der Waals surface area contributed by atoms with E-state index in [2.05, 4.69) is 0 Å². The molecule has 4 rings (SSSR count). The van der Waals surface area contributed by atoms with Crippen LogP contribution in [0.25, 0.3) is 10.9 Å². The minimum Gasteiger partial charge on any atom is -0.456 e. The predicted molar refractivity (Wildman–Crippen MR) is 138 cm³/mol. The van der Waals surface area contributed by atoms with Crippen LogP contribution in [0.2, 0.25) is 0 Å². The number of nitrogens with one attached hydrogen (secondary N) is 1. The molecule has 39 heavy (non-hydrogen) atoms.